The van der Waals surface area contributed by atoms with Crippen LogP contribution < -0.4 is 4.74 Å². The molecule has 1 heterocycles. The molecular formula is C16H13ClN4O3. The van der Waals surface area contributed by atoms with E-state index in [1.165, 1.54) is 4.80 Å². The zero-order valence-corrected chi connectivity index (χ0v) is 13.2. The van der Waals surface area contributed by atoms with E-state index in [0.717, 1.165) is 5.56 Å². The van der Waals surface area contributed by atoms with Crippen molar-refractivity contribution in [2.45, 2.75) is 13.0 Å². The first kappa shape index (κ1) is 15.9. The highest BCUT2D eigenvalue weighted by molar-refractivity contribution is 6.30. The number of hydrogen-bond donors (Lipinski definition) is 1. The highest BCUT2D eigenvalue weighted by Gasteiger charge is 2.07. The summed E-state index contributed by atoms with van der Waals surface area (Å²) in [5.74, 6) is 0.875. The topological polar surface area (TPSA) is 90.1 Å². The molecule has 0 fully saturated rings. The van der Waals surface area contributed by atoms with Gasteiger partial charge in [-0.15, -0.1) is 10.2 Å². The van der Waals surface area contributed by atoms with E-state index in [9.17, 15) is 4.79 Å². The van der Waals surface area contributed by atoms with E-state index in [1.807, 2.05) is 12.1 Å². The Balaban J connectivity index is 1.68. The monoisotopic (exact) mass is 344 g/mol. The second-order valence-electron chi connectivity index (χ2n) is 4.93. The summed E-state index contributed by atoms with van der Waals surface area (Å²) in [5.41, 5.74) is 0.764. The lowest BCUT2D eigenvalue weighted by Gasteiger charge is -2.05. The fourth-order valence-electron chi connectivity index (χ4n) is 1.96. The number of hydrogen-bond acceptors (Lipinski definition) is 5. The third kappa shape index (κ3) is 4.08. The van der Waals surface area contributed by atoms with Crippen molar-refractivity contribution in [2.24, 2.45) is 0 Å². The van der Waals surface area contributed by atoms with Crippen molar-refractivity contribution in [1.29, 1.82) is 0 Å². The molecule has 122 valence electrons. The van der Waals surface area contributed by atoms with Crippen molar-refractivity contribution >= 4 is 17.6 Å². The van der Waals surface area contributed by atoms with Gasteiger partial charge in [0.1, 0.15) is 11.5 Å². The Labute approximate surface area is 142 Å². The van der Waals surface area contributed by atoms with Gasteiger partial charge in [0.25, 0.3) is 0 Å². The Morgan fingerprint density at radius 1 is 1.08 bits per heavy atom. The van der Waals surface area contributed by atoms with Crippen LogP contribution in [0.3, 0.4) is 0 Å². The van der Waals surface area contributed by atoms with E-state index in [0.29, 0.717) is 22.3 Å². The lowest BCUT2D eigenvalue weighted by Crippen LogP contribution is -2.07. The van der Waals surface area contributed by atoms with Crippen molar-refractivity contribution in [3.05, 3.63) is 53.6 Å². The number of nitrogens with zero attached hydrogens (tertiary/aromatic N) is 4. The second kappa shape index (κ2) is 7.10. The molecule has 3 rings (SSSR count). The number of benzene rings is 2. The van der Waals surface area contributed by atoms with Crippen molar-refractivity contribution in [3.63, 3.8) is 0 Å². The number of carboxylic acids is 1. The number of aryl methyl sites for hydroxylation is 1. The molecule has 0 bridgehead atoms. The maximum absolute atomic E-state index is 10.5. The fraction of sp³-hybridized carbons (Fsp3) is 0.125. The van der Waals surface area contributed by atoms with Gasteiger partial charge >= 0.3 is 5.97 Å². The van der Waals surface area contributed by atoms with Crippen molar-refractivity contribution < 1.29 is 14.6 Å². The number of carboxylic acid groups (broad SMARTS) is 1. The molecule has 0 radical (unpaired) electrons. The molecule has 0 aliphatic rings. The van der Waals surface area contributed by atoms with Crippen molar-refractivity contribution in [3.8, 4) is 22.9 Å². The summed E-state index contributed by atoms with van der Waals surface area (Å²) in [6.07, 6.45) is -0.0519. The first-order chi connectivity index (χ1) is 11.6. The zero-order chi connectivity index (χ0) is 16.9. The Hall–Kier alpha value is -2.93. The van der Waals surface area contributed by atoms with E-state index in [-0.39, 0.29) is 13.0 Å². The van der Waals surface area contributed by atoms with Crippen LogP contribution in [-0.2, 0) is 11.3 Å². The van der Waals surface area contributed by atoms with E-state index in [1.54, 1.807) is 36.4 Å². The van der Waals surface area contributed by atoms with Gasteiger partial charge in [-0.05, 0) is 53.7 Å². The number of aromatic nitrogens is 4. The first-order valence-electron chi connectivity index (χ1n) is 7.13. The molecule has 8 heteroatoms. The summed E-state index contributed by atoms with van der Waals surface area (Å²) in [7, 11) is 0. The molecule has 0 spiro atoms. The smallest absolute Gasteiger partial charge is 0.305 e. The number of rotatable bonds is 6. The molecule has 0 aliphatic heterocycles. The summed E-state index contributed by atoms with van der Waals surface area (Å²) in [4.78, 5) is 11.8. The van der Waals surface area contributed by atoms with Gasteiger partial charge < -0.3 is 9.84 Å². The minimum atomic E-state index is -0.905. The van der Waals surface area contributed by atoms with Gasteiger partial charge in [-0.2, -0.15) is 4.80 Å². The maximum Gasteiger partial charge on any atom is 0.305 e. The minimum absolute atomic E-state index is 0.0519. The van der Waals surface area contributed by atoms with Crippen LogP contribution in [0.25, 0.3) is 11.4 Å². The van der Waals surface area contributed by atoms with Crippen LogP contribution in [0.5, 0.6) is 11.5 Å². The van der Waals surface area contributed by atoms with Crippen LogP contribution in [0, 0.1) is 0 Å². The maximum atomic E-state index is 10.5. The van der Waals surface area contributed by atoms with Gasteiger partial charge in [-0.1, -0.05) is 11.6 Å². The molecule has 7 nitrogen and oxygen atoms in total. The van der Waals surface area contributed by atoms with Crippen LogP contribution in [0.4, 0.5) is 0 Å². The Kier molecular flexibility index (Phi) is 4.72. The van der Waals surface area contributed by atoms with Gasteiger partial charge in [-0.3, -0.25) is 4.79 Å². The summed E-state index contributed by atoms with van der Waals surface area (Å²) >= 11 is 5.84. The van der Waals surface area contributed by atoms with E-state index >= 15 is 0 Å². The Morgan fingerprint density at radius 3 is 2.33 bits per heavy atom. The molecule has 0 saturated carbocycles. The van der Waals surface area contributed by atoms with Gasteiger partial charge in [0.15, 0.2) is 0 Å². The number of halogens is 1. The molecule has 1 aromatic heterocycles. The molecule has 0 amide bonds. The number of tetrazole rings is 1. The van der Waals surface area contributed by atoms with Gasteiger partial charge in [-0.25, -0.2) is 0 Å². The summed E-state index contributed by atoms with van der Waals surface area (Å²) in [5, 5.41) is 21.2. The van der Waals surface area contributed by atoms with Crippen LogP contribution in [0.2, 0.25) is 5.02 Å². The minimum Gasteiger partial charge on any atom is -0.481 e. The molecular weight excluding hydrogens is 332 g/mol. The standard InChI is InChI=1S/C16H13ClN4O3/c17-12-3-7-14(8-4-12)24-13-5-1-11(2-6-13)16-18-20-21(19-16)10-9-15(22)23/h1-8H,9-10H2,(H,22,23). The molecule has 24 heavy (non-hydrogen) atoms. The third-order valence-electron chi connectivity index (χ3n) is 3.14. The highest BCUT2D eigenvalue weighted by Crippen LogP contribution is 2.25. The lowest BCUT2D eigenvalue weighted by atomic mass is 10.2. The summed E-state index contributed by atoms with van der Waals surface area (Å²) in [6, 6.07) is 14.3. The van der Waals surface area contributed by atoms with Gasteiger partial charge in [0, 0.05) is 10.6 Å². The van der Waals surface area contributed by atoms with Crippen LogP contribution >= 0.6 is 11.6 Å². The number of carbonyl (C=O) groups is 1. The largest absolute Gasteiger partial charge is 0.481 e. The molecule has 0 aliphatic carbocycles. The predicted octanol–water partition coefficient (Wildman–Crippen LogP) is 3.26. The molecule has 0 saturated heterocycles. The van der Waals surface area contributed by atoms with Crippen LogP contribution in [0.15, 0.2) is 48.5 Å². The first-order valence-corrected chi connectivity index (χ1v) is 7.51. The van der Waals surface area contributed by atoms with Crippen LogP contribution in [-0.4, -0.2) is 31.3 Å². The molecule has 2 aromatic carbocycles. The predicted molar refractivity (Wildman–Crippen MR) is 87.0 cm³/mol. The molecule has 3 aromatic rings. The SMILES string of the molecule is O=C(O)CCn1nnc(-c2ccc(Oc3ccc(Cl)cc3)cc2)n1. The Bertz CT molecular complexity index is 831. The number of ether oxygens (including phenoxy) is 1. The van der Waals surface area contributed by atoms with E-state index < -0.39 is 5.97 Å². The molecule has 0 atom stereocenters. The van der Waals surface area contributed by atoms with E-state index in [2.05, 4.69) is 15.4 Å². The fourth-order valence-corrected chi connectivity index (χ4v) is 2.09. The van der Waals surface area contributed by atoms with E-state index in [4.69, 9.17) is 21.4 Å². The van der Waals surface area contributed by atoms with Gasteiger partial charge in [0.05, 0.1) is 13.0 Å². The average molecular weight is 345 g/mol. The van der Waals surface area contributed by atoms with Crippen molar-refractivity contribution in [1.82, 2.24) is 20.2 Å². The second-order valence-corrected chi connectivity index (χ2v) is 5.37. The quantitative estimate of drug-likeness (QED) is 0.738. The summed E-state index contributed by atoms with van der Waals surface area (Å²) < 4.78 is 5.71. The average Bonchev–Trinajstić information content (AvgIpc) is 3.05. The Morgan fingerprint density at radius 2 is 1.71 bits per heavy atom. The highest BCUT2D eigenvalue weighted by atomic mass is 35.5. The molecule has 1 N–H and O–H groups in total. The third-order valence-corrected chi connectivity index (χ3v) is 3.39. The molecule has 0 unspecified atom stereocenters. The van der Waals surface area contributed by atoms with Crippen LogP contribution in [0.1, 0.15) is 6.42 Å². The van der Waals surface area contributed by atoms with Gasteiger partial charge in [0.2, 0.25) is 5.82 Å². The summed E-state index contributed by atoms with van der Waals surface area (Å²) in [6.45, 7) is 0.181. The zero-order valence-electron chi connectivity index (χ0n) is 12.5. The van der Waals surface area contributed by atoms with Crippen molar-refractivity contribution in [2.75, 3.05) is 0 Å². The normalized spacial score (nSPS) is 10.5. The number of aliphatic carboxylic acids is 1. The lowest BCUT2D eigenvalue weighted by molar-refractivity contribution is -0.137.